The fraction of sp³-hybridized carbons (Fsp3) is 0.471. The Hall–Kier alpha value is -1.88. The third kappa shape index (κ3) is 3.14. The number of likely N-dealkylation sites (tertiary alicyclic amines) is 1. The number of ether oxygens (including phenoxy) is 1. The molecule has 0 spiro atoms. The predicted octanol–water partition coefficient (Wildman–Crippen LogP) is 3.18. The summed E-state index contributed by atoms with van der Waals surface area (Å²) in [6.07, 6.45) is 6.20. The topological polar surface area (TPSA) is 30.3 Å². The lowest BCUT2D eigenvalue weighted by atomic mass is 10.0. The van der Waals surface area contributed by atoms with E-state index in [1.54, 1.807) is 6.07 Å². The van der Waals surface area contributed by atoms with Crippen molar-refractivity contribution in [2.45, 2.75) is 32.4 Å². The number of nitrogens with zero attached hydrogens (tertiary/aromatic N) is 3. The Labute approximate surface area is 130 Å². The van der Waals surface area contributed by atoms with E-state index < -0.39 is 0 Å². The van der Waals surface area contributed by atoms with Gasteiger partial charge in [-0.15, -0.1) is 0 Å². The van der Waals surface area contributed by atoms with Crippen molar-refractivity contribution in [2.24, 2.45) is 0 Å². The Morgan fingerprint density at radius 2 is 2.27 bits per heavy atom. The number of benzene rings is 1. The molecule has 22 heavy (non-hydrogen) atoms. The second kappa shape index (κ2) is 6.48. The first-order chi connectivity index (χ1) is 10.7. The molecule has 1 saturated heterocycles. The van der Waals surface area contributed by atoms with Crippen LogP contribution in [0.2, 0.25) is 0 Å². The van der Waals surface area contributed by atoms with Crippen molar-refractivity contribution in [3.05, 3.63) is 47.5 Å². The van der Waals surface area contributed by atoms with Gasteiger partial charge in [0.25, 0.3) is 0 Å². The van der Waals surface area contributed by atoms with Gasteiger partial charge in [-0.25, -0.2) is 4.39 Å². The van der Waals surface area contributed by atoms with Gasteiger partial charge in [0.15, 0.2) is 11.6 Å². The van der Waals surface area contributed by atoms with Crippen LogP contribution in [-0.2, 0) is 6.54 Å². The lowest BCUT2D eigenvalue weighted by Gasteiger charge is -2.33. The summed E-state index contributed by atoms with van der Waals surface area (Å²) in [6, 6.07) is 5.70. The van der Waals surface area contributed by atoms with E-state index >= 15 is 0 Å². The van der Waals surface area contributed by atoms with E-state index in [4.69, 9.17) is 4.74 Å². The van der Waals surface area contributed by atoms with Gasteiger partial charge in [0.05, 0.1) is 19.3 Å². The minimum atomic E-state index is -0.248. The first kappa shape index (κ1) is 15.0. The summed E-state index contributed by atoms with van der Waals surface area (Å²) in [4.78, 5) is 2.29. The highest BCUT2D eigenvalue weighted by atomic mass is 19.1. The molecule has 3 rings (SSSR count). The van der Waals surface area contributed by atoms with Gasteiger partial charge in [0.1, 0.15) is 0 Å². The zero-order chi connectivity index (χ0) is 15.5. The van der Waals surface area contributed by atoms with Gasteiger partial charge in [-0.1, -0.05) is 12.1 Å². The largest absolute Gasteiger partial charge is 0.494 e. The van der Waals surface area contributed by atoms with Crippen LogP contribution >= 0.6 is 0 Å². The smallest absolute Gasteiger partial charge is 0.169 e. The number of rotatable bonds is 4. The summed E-state index contributed by atoms with van der Waals surface area (Å²) in [5, 5.41) is 4.42. The molecule has 0 radical (unpaired) electrons. The Bertz CT molecular complexity index is 641. The van der Waals surface area contributed by atoms with E-state index in [-0.39, 0.29) is 5.82 Å². The molecule has 118 valence electrons. The van der Waals surface area contributed by atoms with Crippen LogP contribution < -0.4 is 4.74 Å². The molecular weight excluding hydrogens is 281 g/mol. The molecule has 1 fully saturated rings. The molecule has 0 amide bonds. The molecular formula is C17H22FN3O. The van der Waals surface area contributed by atoms with Crippen LogP contribution in [0.1, 0.15) is 30.0 Å². The number of hydrogen-bond donors (Lipinski definition) is 0. The fourth-order valence-corrected chi connectivity index (χ4v) is 3.10. The zero-order valence-electron chi connectivity index (χ0n) is 13.1. The quantitative estimate of drug-likeness (QED) is 0.869. The number of aromatic nitrogens is 2. The lowest BCUT2D eigenvalue weighted by molar-refractivity contribution is 0.161. The van der Waals surface area contributed by atoms with Gasteiger partial charge in [0.2, 0.25) is 0 Å². The molecule has 2 aromatic rings. The van der Waals surface area contributed by atoms with E-state index in [1.807, 2.05) is 23.0 Å². The minimum absolute atomic E-state index is 0.248. The summed E-state index contributed by atoms with van der Waals surface area (Å²) < 4.78 is 21.4. The van der Waals surface area contributed by atoms with Gasteiger partial charge in [0, 0.05) is 24.8 Å². The third-order valence-corrected chi connectivity index (χ3v) is 4.24. The Kier molecular flexibility index (Phi) is 4.43. The number of hydrogen-bond acceptors (Lipinski definition) is 3. The second-order valence-electron chi connectivity index (χ2n) is 5.96. The van der Waals surface area contributed by atoms with Crippen molar-refractivity contribution in [3.63, 3.8) is 0 Å². The summed E-state index contributed by atoms with van der Waals surface area (Å²) in [5.41, 5.74) is 1.87. The molecule has 1 aliphatic heterocycles. The number of aryl methyl sites for hydroxylation is 1. The maximum absolute atomic E-state index is 14.3. The average molecular weight is 303 g/mol. The van der Waals surface area contributed by atoms with Crippen LogP contribution in [0.3, 0.4) is 0 Å². The highest BCUT2D eigenvalue weighted by Crippen LogP contribution is 2.25. The summed E-state index contributed by atoms with van der Waals surface area (Å²) in [7, 11) is 1.50. The molecule has 0 unspecified atom stereocenters. The van der Waals surface area contributed by atoms with Crippen LogP contribution in [-0.4, -0.2) is 34.9 Å². The van der Waals surface area contributed by atoms with Gasteiger partial charge < -0.3 is 4.74 Å². The molecule has 5 heteroatoms. The maximum Gasteiger partial charge on any atom is 0.169 e. The molecule has 1 aromatic carbocycles. The van der Waals surface area contributed by atoms with Crippen LogP contribution in [0.5, 0.6) is 5.75 Å². The monoisotopic (exact) mass is 303 g/mol. The Morgan fingerprint density at radius 3 is 3.00 bits per heavy atom. The number of piperidine rings is 1. The molecule has 0 bridgehead atoms. The van der Waals surface area contributed by atoms with E-state index in [1.165, 1.54) is 12.7 Å². The first-order valence-corrected chi connectivity index (χ1v) is 7.72. The highest BCUT2D eigenvalue weighted by molar-refractivity contribution is 5.31. The molecule has 4 nitrogen and oxygen atoms in total. The fourth-order valence-electron chi connectivity index (χ4n) is 3.10. The van der Waals surface area contributed by atoms with Gasteiger partial charge >= 0.3 is 0 Å². The summed E-state index contributed by atoms with van der Waals surface area (Å²) in [5.74, 6) is 0.0656. The standard InChI is InChI=1S/C17H22FN3O/c1-13-9-19-21(10-13)15-6-4-8-20(12-15)11-14-5-3-7-16(22-2)17(14)18/h3,5,7,9-10,15H,4,6,8,11-12H2,1-2H3/t15-/m0/s1. The molecule has 0 saturated carbocycles. The molecule has 1 aromatic heterocycles. The van der Waals surface area contributed by atoms with Crippen molar-refractivity contribution in [2.75, 3.05) is 20.2 Å². The third-order valence-electron chi connectivity index (χ3n) is 4.24. The van der Waals surface area contributed by atoms with Crippen LogP contribution in [0.15, 0.2) is 30.6 Å². The Morgan fingerprint density at radius 1 is 1.41 bits per heavy atom. The first-order valence-electron chi connectivity index (χ1n) is 7.72. The van der Waals surface area contributed by atoms with Crippen molar-refractivity contribution in [1.29, 1.82) is 0 Å². The zero-order valence-corrected chi connectivity index (χ0v) is 13.1. The van der Waals surface area contributed by atoms with Gasteiger partial charge in [-0.2, -0.15) is 5.10 Å². The second-order valence-corrected chi connectivity index (χ2v) is 5.96. The van der Waals surface area contributed by atoms with E-state index in [0.717, 1.165) is 25.9 Å². The van der Waals surface area contributed by atoms with E-state index in [2.05, 4.69) is 23.1 Å². The molecule has 1 aliphatic rings. The summed E-state index contributed by atoms with van der Waals surface area (Å²) >= 11 is 0. The number of halogens is 1. The maximum atomic E-state index is 14.3. The normalized spacial score (nSPS) is 19.3. The van der Waals surface area contributed by atoms with E-state index in [9.17, 15) is 4.39 Å². The summed E-state index contributed by atoms with van der Waals surface area (Å²) in [6.45, 7) is 4.56. The Balaban J connectivity index is 1.70. The average Bonchev–Trinajstić information content (AvgIpc) is 2.96. The molecule has 0 aliphatic carbocycles. The minimum Gasteiger partial charge on any atom is -0.494 e. The van der Waals surface area contributed by atoms with Gasteiger partial charge in [-0.05, 0) is 37.9 Å². The van der Waals surface area contributed by atoms with Crippen molar-refractivity contribution in [1.82, 2.24) is 14.7 Å². The molecule has 2 heterocycles. The predicted molar refractivity (Wildman–Crippen MR) is 83.5 cm³/mol. The molecule has 1 atom stereocenters. The highest BCUT2D eigenvalue weighted by Gasteiger charge is 2.23. The van der Waals surface area contributed by atoms with Crippen LogP contribution in [0.25, 0.3) is 0 Å². The van der Waals surface area contributed by atoms with Crippen molar-refractivity contribution in [3.8, 4) is 5.75 Å². The van der Waals surface area contributed by atoms with Crippen molar-refractivity contribution >= 4 is 0 Å². The lowest BCUT2D eigenvalue weighted by Crippen LogP contribution is -2.36. The van der Waals surface area contributed by atoms with Crippen LogP contribution in [0, 0.1) is 12.7 Å². The van der Waals surface area contributed by atoms with Gasteiger partial charge in [-0.3, -0.25) is 9.58 Å². The van der Waals surface area contributed by atoms with Crippen molar-refractivity contribution < 1.29 is 9.13 Å². The molecule has 0 N–H and O–H groups in total. The van der Waals surface area contributed by atoms with Crippen LogP contribution in [0.4, 0.5) is 4.39 Å². The SMILES string of the molecule is COc1cccc(CN2CCC[C@H](n3cc(C)cn3)C2)c1F. The van der Waals surface area contributed by atoms with E-state index in [0.29, 0.717) is 23.9 Å². The number of methoxy groups -OCH3 is 1.